The Morgan fingerprint density at radius 3 is 2.32 bits per heavy atom. The Bertz CT molecular complexity index is 557. The van der Waals surface area contributed by atoms with Crippen molar-refractivity contribution in [1.82, 2.24) is 15.3 Å². The lowest BCUT2D eigenvalue weighted by Gasteiger charge is -2.06. The summed E-state index contributed by atoms with van der Waals surface area (Å²) in [6, 6.07) is 7.37. The quantitative estimate of drug-likeness (QED) is 0.851. The van der Waals surface area contributed by atoms with Gasteiger partial charge in [-0.2, -0.15) is 0 Å². The van der Waals surface area contributed by atoms with Crippen molar-refractivity contribution in [3.05, 3.63) is 51.2 Å². The molecule has 2 N–H and O–H groups in total. The number of amides is 2. The molecule has 0 saturated carbocycles. The first kappa shape index (κ1) is 14.0. The third kappa shape index (κ3) is 4.60. The summed E-state index contributed by atoms with van der Waals surface area (Å²) in [5.41, 5.74) is 1.01. The van der Waals surface area contributed by atoms with Gasteiger partial charge in [0, 0.05) is 23.4 Å². The highest BCUT2D eigenvalue weighted by atomic mass is 79.9. The van der Waals surface area contributed by atoms with Crippen LogP contribution in [0, 0.1) is 0 Å². The average molecular weight is 386 g/mol. The molecule has 0 spiro atoms. The minimum absolute atomic E-state index is 0.261. The second kappa shape index (κ2) is 6.63. The summed E-state index contributed by atoms with van der Waals surface area (Å²) >= 11 is 6.58. The molecule has 0 aliphatic carbocycles. The highest BCUT2D eigenvalue weighted by Gasteiger charge is 2.03. The number of rotatable bonds is 3. The van der Waals surface area contributed by atoms with E-state index in [2.05, 4.69) is 52.5 Å². The Hall–Kier alpha value is -1.47. The minimum atomic E-state index is -0.342. The van der Waals surface area contributed by atoms with Crippen LogP contribution in [0.15, 0.2) is 45.6 Å². The molecule has 19 heavy (non-hydrogen) atoms. The standard InChI is InChI=1S/C12H10Br2N4O/c13-9-3-1-8(2-4-9)5-17-12(19)18-11-15-6-10(14)7-16-11/h1-4,6-7H,5H2,(H2,15,16,17,18,19). The lowest BCUT2D eigenvalue weighted by Crippen LogP contribution is -2.28. The molecule has 5 nitrogen and oxygen atoms in total. The summed E-state index contributed by atoms with van der Waals surface area (Å²) < 4.78 is 1.76. The molecule has 0 aliphatic heterocycles. The van der Waals surface area contributed by atoms with Gasteiger partial charge in [0.25, 0.3) is 0 Å². The largest absolute Gasteiger partial charge is 0.334 e. The first-order valence-corrected chi connectivity index (χ1v) is 6.99. The van der Waals surface area contributed by atoms with Gasteiger partial charge in [-0.05, 0) is 33.6 Å². The zero-order valence-corrected chi connectivity index (χ0v) is 12.9. The van der Waals surface area contributed by atoms with Gasteiger partial charge in [0.05, 0.1) is 4.47 Å². The van der Waals surface area contributed by atoms with E-state index in [1.165, 1.54) is 0 Å². The zero-order chi connectivity index (χ0) is 13.7. The predicted octanol–water partition coefficient (Wildman–Crippen LogP) is 3.32. The van der Waals surface area contributed by atoms with E-state index in [1.807, 2.05) is 24.3 Å². The van der Waals surface area contributed by atoms with E-state index in [-0.39, 0.29) is 12.0 Å². The number of aromatic nitrogens is 2. The number of carbonyl (C=O) groups excluding carboxylic acids is 1. The van der Waals surface area contributed by atoms with Gasteiger partial charge in [0.1, 0.15) is 0 Å². The number of urea groups is 1. The average Bonchev–Trinajstić information content (AvgIpc) is 2.41. The van der Waals surface area contributed by atoms with Crippen LogP contribution in [-0.2, 0) is 6.54 Å². The van der Waals surface area contributed by atoms with E-state index >= 15 is 0 Å². The first-order valence-electron chi connectivity index (χ1n) is 5.40. The Kier molecular flexibility index (Phi) is 4.86. The van der Waals surface area contributed by atoms with Crippen molar-refractivity contribution in [1.29, 1.82) is 0 Å². The van der Waals surface area contributed by atoms with Gasteiger partial charge in [0.15, 0.2) is 0 Å². The monoisotopic (exact) mass is 384 g/mol. The molecule has 0 fully saturated rings. The molecule has 0 saturated heterocycles. The second-order valence-corrected chi connectivity index (χ2v) is 5.49. The number of halogens is 2. The SMILES string of the molecule is O=C(NCc1ccc(Br)cc1)Nc1ncc(Br)cn1. The van der Waals surface area contributed by atoms with Gasteiger partial charge >= 0.3 is 6.03 Å². The number of hydrogen-bond acceptors (Lipinski definition) is 3. The molecule has 2 rings (SSSR count). The molecule has 1 aromatic heterocycles. The highest BCUT2D eigenvalue weighted by molar-refractivity contribution is 9.10. The molecule has 2 aromatic rings. The number of benzene rings is 1. The predicted molar refractivity (Wildman–Crippen MR) is 79.7 cm³/mol. The van der Waals surface area contributed by atoms with Gasteiger partial charge in [-0.25, -0.2) is 14.8 Å². The fourth-order valence-corrected chi connectivity index (χ4v) is 1.78. The first-order chi connectivity index (χ1) is 9.13. The zero-order valence-electron chi connectivity index (χ0n) is 9.73. The fraction of sp³-hybridized carbons (Fsp3) is 0.0833. The molecule has 0 unspecified atom stereocenters. The van der Waals surface area contributed by atoms with Crippen LogP contribution in [0.4, 0.5) is 10.7 Å². The van der Waals surface area contributed by atoms with E-state index in [1.54, 1.807) is 12.4 Å². The summed E-state index contributed by atoms with van der Waals surface area (Å²) in [5, 5.41) is 5.27. The molecule has 1 aromatic carbocycles. The van der Waals surface area contributed by atoms with Gasteiger partial charge in [-0.3, -0.25) is 5.32 Å². The van der Waals surface area contributed by atoms with Gasteiger partial charge in [0.2, 0.25) is 5.95 Å². The van der Waals surface area contributed by atoms with Crippen molar-refractivity contribution in [3.63, 3.8) is 0 Å². The maximum atomic E-state index is 11.6. The summed E-state index contributed by atoms with van der Waals surface area (Å²) in [5.74, 6) is 0.261. The topological polar surface area (TPSA) is 66.9 Å². The molecule has 0 radical (unpaired) electrons. The molecular weight excluding hydrogens is 376 g/mol. The van der Waals surface area contributed by atoms with Crippen molar-refractivity contribution in [2.24, 2.45) is 0 Å². The Morgan fingerprint density at radius 1 is 1.05 bits per heavy atom. The molecule has 0 atom stereocenters. The number of nitrogens with one attached hydrogen (secondary N) is 2. The van der Waals surface area contributed by atoms with E-state index in [9.17, 15) is 4.79 Å². The van der Waals surface area contributed by atoms with Crippen LogP contribution in [0.2, 0.25) is 0 Å². The number of carbonyl (C=O) groups is 1. The molecule has 0 aliphatic rings. The fourth-order valence-electron chi connectivity index (χ4n) is 1.31. The lowest BCUT2D eigenvalue weighted by molar-refractivity contribution is 0.251. The van der Waals surface area contributed by atoms with Crippen LogP contribution in [0.3, 0.4) is 0 Å². The van der Waals surface area contributed by atoms with Gasteiger partial charge in [-0.15, -0.1) is 0 Å². The van der Waals surface area contributed by atoms with E-state index < -0.39 is 0 Å². The molecule has 2 amide bonds. The Morgan fingerprint density at radius 2 is 1.68 bits per heavy atom. The molecule has 98 valence electrons. The van der Waals surface area contributed by atoms with Crippen LogP contribution in [0.25, 0.3) is 0 Å². The van der Waals surface area contributed by atoms with Gasteiger partial charge < -0.3 is 5.32 Å². The van der Waals surface area contributed by atoms with Crippen LogP contribution >= 0.6 is 31.9 Å². The maximum absolute atomic E-state index is 11.6. The summed E-state index contributed by atoms with van der Waals surface area (Å²) in [6.07, 6.45) is 3.13. The normalized spacial score (nSPS) is 10.0. The summed E-state index contributed by atoms with van der Waals surface area (Å²) in [7, 11) is 0. The van der Waals surface area contributed by atoms with Crippen molar-refractivity contribution in [2.75, 3.05) is 5.32 Å². The van der Waals surface area contributed by atoms with E-state index in [0.29, 0.717) is 6.54 Å². The molecule has 0 bridgehead atoms. The number of hydrogen-bond donors (Lipinski definition) is 2. The molecule has 1 heterocycles. The molecule has 7 heteroatoms. The Balaban J connectivity index is 1.84. The second-order valence-electron chi connectivity index (χ2n) is 3.66. The van der Waals surface area contributed by atoms with Crippen molar-refractivity contribution in [2.45, 2.75) is 6.54 Å². The Labute approximate surface area is 127 Å². The minimum Gasteiger partial charge on any atom is -0.334 e. The van der Waals surface area contributed by atoms with Crippen molar-refractivity contribution >= 4 is 43.8 Å². The summed E-state index contributed by atoms with van der Waals surface area (Å²) in [4.78, 5) is 19.5. The van der Waals surface area contributed by atoms with Crippen LogP contribution < -0.4 is 10.6 Å². The van der Waals surface area contributed by atoms with Crippen molar-refractivity contribution < 1.29 is 4.79 Å². The number of anilines is 1. The molecular formula is C12H10Br2N4O. The van der Waals surface area contributed by atoms with Crippen LogP contribution in [-0.4, -0.2) is 16.0 Å². The van der Waals surface area contributed by atoms with E-state index in [0.717, 1.165) is 14.5 Å². The highest BCUT2D eigenvalue weighted by Crippen LogP contribution is 2.10. The van der Waals surface area contributed by atoms with Crippen molar-refractivity contribution in [3.8, 4) is 0 Å². The van der Waals surface area contributed by atoms with Gasteiger partial charge in [-0.1, -0.05) is 28.1 Å². The summed E-state index contributed by atoms with van der Waals surface area (Å²) in [6.45, 7) is 0.440. The number of nitrogens with zero attached hydrogens (tertiary/aromatic N) is 2. The third-order valence-corrected chi connectivity index (χ3v) is 3.15. The van der Waals surface area contributed by atoms with E-state index in [4.69, 9.17) is 0 Å². The smallest absolute Gasteiger partial charge is 0.321 e. The van der Waals surface area contributed by atoms with Crippen LogP contribution in [0.5, 0.6) is 0 Å². The third-order valence-electron chi connectivity index (χ3n) is 2.21. The lowest BCUT2D eigenvalue weighted by atomic mass is 10.2. The maximum Gasteiger partial charge on any atom is 0.321 e. The van der Waals surface area contributed by atoms with Crippen LogP contribution in [0.1, 0.15) is 5.56 Å².